The molecule has 1 aromatic heterocycles. The Morgan fingerprint density at radius 3 is 2.94 bits per heavy atom. The van der Waals surface area contributed by atoms with Crippen LogP contribution >= 0.6 is 0 Å². The second-order valence-electron chi connectivity index (χ2n) is 3.46. The van der Waals surface area contributed by atoms with Crippen molar-refractivity contribution in [1.29, 1.82) is 0 Å². The molecule has 0 aliphatic rings. The van der Waals surface area contributed by atoms with E-state index in [0.29, 0.717) is 13.1 Å². The number of hydrogen-bond donors (Lipinski definition) is 2. The van der Waals surface area contributed by atoms with Gasteiger partial charge >= 0.3 is 0 Å². The number of carbonyl (C=O) groups is 1. The second kappa shape index (κ2) is 6.90. The molecule has 1 amide bonds. The summed E-state index contributed by atoms with van der Waals surface area (Å²) < 4.78 is 13.1. The van der Waals surface area contributed by atoms with Crippen molar-refractivity contribution in [2.24, 2.45) is 5.73 Å². The van der Waals surface area contributed by atoms with Gasteiger partial charge in [0.1, 0.15) is 0 Å². The predicted molar refractivity (Wildman–Crippen MR) is 59.4 cm³/mol. The Kier molecular flexibility index (Phi) is 5.42. The summed E-state index contributed by atoms with van der Waals surface area (Å²) >= 11 is 0. The highest BCUT2D eigenvalue weighted by Gasteiger charge is 2.09. The van der Waals surface area contributed by atoms with Crippen LogP contribution in [0.1, 0.15) is 29.6 Å². The molecule has 0 saturated heterocycles. The smallest absolute Gasteiger partial charge is 0.254 e. The first-order chi connectivity index (χ1) is 7.75. The molecule has 0 aliphatic carbocycles. The van der Waals surface area contributed by atoms with Gasteiger partial charge in [-0.2, -0.15) is 0 Å². The molecule has 1 heterocycles. The molecule has 3 N–H and O–H groups in total. The van der Waals surface area contributed by atoms with E-state index in [1.54, 1.807) is 0 Å². The first-order valence-corrected chi connectivity index (χ1v) is 5.33. The van der Waals surface area contributed by atoms with Gasteiger partial charge in [0.15, 0.2) is 5.82 Å². The van der Waals surface area contributed by atoms with Crippen LogP contribution in [0.15, 0.2) is 18.5 Å². The lowest BCUT2D eigenvalue weighted by Gasteiger charge is -2.05. The van der Waals surface area contributed by atoms with E-state index >= 15 is 0 Å². The van der Waals surface area contributed by atoms with Gasteiger partial charge in [-0.25, -0.2) is 4.39 Å². The van der Waals surface area contributed by atoms with E-state index in [1.807, 2.05) is 0 Å². The van der Waals surface area contributed by atoms with Crippen LogP contribution in [-0.2, 0) is 0 Å². The van der Waals surface area contributed by atoms with Crippen molar-refractivity contribution in [3.8, 4) is 0 Å². The molecule has 5 heteroatoms. The lowest BCUT2D eigenvalue weighted by atomic mass is 10.2. The summed E-state index contributed by atoms with van der Waals surface area (Å²) in [5.74, 6) is -0.991. The Morgan fingerprint density at radius 2 is 2.25 bits per heavy atom. The molecular formula is C11H16FN3O. The van der Waals surface area contributed by atoms with Gasteiger partial charge in [-0.05, 0) is 25.5 Å². The van der Waals surface area contributed by atoms with Crippen molar-refractivity contribution in [3.63, 3.8) is 0 Å². The van der Waals surface area contributed by atoms with Crippen molar-refractivity contribution in [2.45, 2.75) is 19.3 Å². The largest absolute Gasteiger partial charge is 0.352 e. The number of amides is 1. The zero-order chi connectivity index (χ0) is 11.8. The highest BCUT2D eigenvalue weighted by atomic mass is 19.1. The van der Waals surface area contributed by atoms with Gasteiger partial charge < -0.3 is 11.1 Å². The van der Waals surface area contributed by atoms with Crippen molar-refractivity contribution >= 4 is 5.91 Å². The van der Waals surface area contributed by atoms with E-state index in [-0.39, 0.29) is 5.56 Å². The lowest BCUT2D eigenvalue weighted by Crippen LogP contribution is -2.25. The molecule has 0 saturated carbocycles. The molecule has 0 aromatic carbocycles. The maximum atomic E-state index is 13.1. The number of aromatic nitrogens is 1. The third-order valence-corrected chi connectivity index (χ3v) is 2.18. The maximum Gasteiger partial charge on any atom is 0.254 e. The Bertz CT molecular complexity index is 344. The molecule has 0 radical (unpaired) electrons. The van der Waals surface area contributed by atoms with E-state index in [1.165, 1.54) is 12.3 Å². The number of halogens is 1. The SMILES string of the molecule is NCCCCCNC(=O)c1ccncc1F. The molecule has 0 unspecified atom stereocenters. The minimum absolute atomic E-state index is 0.0359. The zero-order valence-electron chi connectivity index (χ0n) is 9.08. The van der Waals surface area contributed by atoms with Crippen molar-refractivity contribution in [1.82, 2.24) is 10.3 Å². The summed E-state index contributed by atoms with van der Waals surface area (Å²) in [5.41, 5.74) is 5.37. The highest BCUT2D eigenvalue weighted by Crippen LogP contribution is 2.03. The number of nitrogens with one attached hydrogen (secondary N) is 1. The molecule has 1 rings (SSSR count). The summed E-state index contributed by atoms with van der Waals surface area (Å²) in [5, 5.41) is 2.65. The van der Waals surface area contributed by atoms with Crippen LogP contribution in [0.4, 0.5) is 4.39 Å². The third-order valence-electron chi connectivity index (χ3n) is 2.18. The van der Waals surface area contributed by atoms with Gasteiger partial charge in [-0.3, -0.25) is 9.78 Å². The number of nitrogens with zero attached hydrogens (tertiary/aromatic N) is 1. The number of pyridine rings is 1. The zero-order valence-corrected chi connectivity index (χ0v) is 9.08. The quantitative estimate of drug-likeness (QED) is 0.712. The van der Waals surface area contributed by atoms with Crippen LogP contribution in [0.3, 0.4) is 0 Å². The van der Waals surface area contributed by atoms with Crippen LogP contribution in [0.25, 0.3) is 0 Å². The van der Waals surface area contributed by atoms with Gasteiger partial charge in [0.2, 0.25) is 0 Å². The molecule has 0 atom stereocenters. The van der Waals surface area contributed by atoms with Crippen LogP contribution in [-0.4, -0.2) is 24.0 Å². The van der Waals surface area contributed by atoms with E-state index in [2.05, 4.69) is 10.3 Å². The molecule has 0 fully saturated rings. The van der Waals surface area contributed by atoms with Gasteiger partial charge in [0.05, 0.1) is 11.8 Å². The van der Waals surface area contributed by atoms with E-state index in [0.717, 1.165) is 25.5 Å². The maximum absolute atomic E-state index is 13.1. The standard InChI is InChI=1S/C11H16FN3O/c12-10-8-14-7-4-9(10)11(16)15-6-3-1-2-5-13/h4,7-8H,1-3,5-6,13H2,(H,15,16). The number of hydrogen-bond acceptors (Lipinski definition) is 3. The molecule has 16 heavy (non-hydrogen) atoms. The summed E-state index contributed by atoms with van der Waals surface area (Å²) in [6.45, 7) is 1.20. The number of unbranched alkanes of at least 4 members (excludes halogenated alkanes) is 2. The summed E-state index contributed by atoms with van der Waals surface area (Å²) in [6, 6.07) is 1.37. The summed E-state index contributed by atoms with van der Waals surface area (Å²) in [6.07, 6.45) is 5.19. The molecule has 0 aliphatic heterocycles. The van der Waals surface area contributed by atoms with Crippen molar-refractivity contribution in [2.75, 3.05) is 13.1 Å². The fourth-order valence-corrected chi connectivity index (χ4v) is 1.30. The first kappa shape index (κ1) is 12.6. The van der Waals surface area contributed by atoms with Gasteiger partial charge in [-0.1, -0.05) is 6.42 Å². The van der Waals surface area contributed by atoms with Gasteiger partial charge in [0, 0.05) is 12.7 Å². The topological polar surface area (TPSA) is 68.0 Å². The molecule has 88 valence electrons. The average molecular weight is 225 g/mol. The normalized spacial score (nSPS) is 10.1. The van der Waals surface area contributed by atoms with Crippen LogP contribution < -0.4 is 11.1 Å². The van der Waals surface area contributed by atoms with Crippen molar-refractivity contribution in [3.05, 3.63) is 29.8 Å². The Labute approximate surface area is 94.1 Å². The molecule has 0 bridgehead atoms. The van der Waals surface area contributed by atoms with E-state index in [9.17, 15) is 9.18 Å². The predicted octanol–water partition coefficient (Wildman–Crippen LogP) is 1.08. The molecular weight excluding hydrogens is 209 g/mol. The second-order valence-corrected chi connectivity index (χ2v) is 3.46. The summed E-state index contributed by atoms with van der Waals surface area (Å²) in [7, 11) is 0. The third kappa shape index (κ3) is 3.94. The number of carbonyl (C=O) groups excluding carboxylic acids is 1. The summed E-state index contributed by atoms with van der Waals surface area (Å²) in [4.78, 5) is 15.1. The minimum atomic E-state index is -0.595. The van der Waals surface area contributed by atoms with Crippen LogP contribution in [0.2, 0.25) is 0 Å². The van der Waals surface area contributed by atoms with Crippen LogP contribution in [0, 0.1) is 5.82 Å². The minimum Gasteiger partial charge on any atom is -0.352 e. The fourth-order valence-electron chi connectivity index (χ4n) is 1.30. The van der Waals surface area contributed by atoms with Gasteiger partial charge in [-0.15, -0.1) is 0 Å². The Hall–Kier alpha value is -1.49. The lowest BCUT2D eigenvalue weighted by molar-refractivity contribution is 0.0949. The Balaban J connectivity index is 2.33. The molecule has 0 spiro atoms. The van der Waals surface area contributed by atoms with Crippen LogP contribution in [0.5, 0.6) is 0 Å². The average Bonchev–Trinajstić information content (AvgIpc) is 2.29. The van der Waals surface area contributed by atoms with Crippen molar-refractivity contribution < 1.29 is 9.18 Å². The monoisotopic (exact) mass is 225 g/mol. The Morgan fingerprint density at radius 1 is 1.44 bits per heavy atom. The molecule has 1 aromatic rings. The molecule has 4 nitrogen and oxygen atoms in total. The van der Waals surface area contributed by atoms with E-state index in [4.69, 9.17) is 5.73 Å². The van der Waals surface area contributed by atoms with E-state index < -0.39 is 11.7 Å². The number of nitrogens with two attached hydrogens (primary N) is 1. The highest BCUT2D eigenvalue weighted by molar-refractivity contribution is 5.94. The fraction of sp³-hybridized carbons (Fsp3) is 0.455. The first-order valence-electron chi connectivity index (χ1n) is 5.33. The van der Waals surface area contributed by atoms with Gasteiger partial charge in [0.25, 0.3) is 5.91 Å². The number of rotatable bonds is 6.